The fourth-order valence-corrected chi connectivity index (χ4v) is 17.5. The Morgan fingerprint density at radius 3 is 0.979 bits per heavy atom. The number of carbonyl (C=O) groups excluding carboxylic acids is 4. The molecule has 12 aromatic rings. The van der Waals surface area contributed by atoms with E-state index in [2.05, 4.69) is 164 Å². The maximum Gasteiger partial charge on any atom is 0.184 e. The summed E-state index contributed by atoms with van der Waals surface area (Å²) in [5.74, 6) is -0.108. The van der Waals surface area contributed by atoms with E-state index < -0.39 is 0 Å². The van der Waals surface area contributed by atoms with Crippen molar-refractivity contribution < 1.29 is 29.4 Å². The third kappa shape index (κ3) is 28.9. The summed E-state index contributed by atoms with van der Waals surface area (Å²) in [5.41, 5.74) is 56.7. The van der Waals surface area contributed by atoms with Crippen molar-refractivity contribution in [1.82, 2.24) is 0 Å². The molecule has 0 spiro atoms. The van der Waals surface area contributed by atoms with Crippen LogP contribution in [-0.2, 0) is 44.9 Å². The molecule has 14 N–H and O–H groups in total. The van der Waals surface area contributed by atoms with Crippen LogP contribution in [0.1, 0.15) is 111 Å². The molecule has 0 atom stereocenters. The Balaban J connectivity index is 0.000000164. The molecule has 4 aliphatic carbocycles. The van der Waals surface area contributed by atoms with E-state index >= 15 is 0 Å². The molecule has 0 radical (unpaired) electrons. The van der Waals surface area contributed by atoms with Crippen LogP contribution in [0.25, 0.3) is 0 Å². The lowest BCUT2D eigenvalue weighted by Gasteiger charge is -2.27. The second-order valence-electron chi connectivity index (χ2n) is 37.0. The van der Waals surface area contributed by atoms with E-state index in [1.165, 1.54) is 11.4 Å². The predicted molar refractivity (Wildman–Crippen MR) is 612 cm³/mol. The number of aliphatic hydroxyl groups excluding tert-OH is 2. The first-order chi connectivity index (χ1) is 70.4. The number of carbonyl (C=O) groups is 4. The van der Waals surface area contributed by atoms with Gasteiger partial charge in [-0.15, -0.1) is 0 Å². The normalized spacial score (nSPS) is 14.5. The zero-order valence-corrected chi connectivity index (χ0v) is 86.2. The van der Waals surface area contributed by atoms with E-state index in [9.17, 15) is 29.4 Å². The standard InChI is InChI=1S/C35H42N4O3.C35H42N4O.C29H30N4O.C25H22N4O/c1-5-38(16-18-40)30-13-12-27(25(3)20-30)22-28-23-33(34(24-35(28)42)36-29-10-8-7-9-11-29)37-32-15-14-31(21-26(32)4)39(6-2)17-19-41;1-7-38(25(3)4)31-18-14-27(15-19-31)22-28-23-33(34(24-35(28)40)36-29-12-10-9-11-13-29)37-30-16-20-32(21-17-30)39(8-2)26(5)6;1-17-18(2)24(30)11-10-21(17)14-22-15-27(33-26-13-12-25(31)19(3)20(26)4)28(16-29(22)34)32-23-8-6-5-7-9-23;26-19-8-6-17(7-9-19)14-18-15-23(29-22-12-10-20(27)11-13-22)24(16-25(18)30)28-21-4-2-1-3-5-21/h7-15,20-21,23-24,36,40-41H,5-6,16-19,22H2,1-4H3;9-21,23-26,36H,7-8,22H2,1-6H3;5-13,15-16,32H,14,30-31H2,1-4H3;1-13,15-16,28H,14,26-27H2. The summed E-state index contributed by atoms with van der Waals surface area (Å²) in [6.07, 6.45) is 16.2. The number of nitrogen functional groups attached to an aromatic ring is 4. The lowest BCUT2D eigenvalue weighted by molar-refractivity contribution is -0.112. The Morgan fingerprint density at radius 1 is 0.301 bits per heavy atom. The quantitative estimate of drug-likeness (QED) is 0.0132. The lowest BCUT2D eigenvalue weighted by Crippen LogP contribution is -2.30. The van der Waals surface area contributed by atoms with Crippen LogP contribution < -0.4 is 63.8 Å². The molecule has 0 saturated carbocycles. The minimum atomic E-state index is -0.0408. The number of aliphatic imine (C=N–C) groups is 4. The molecule has 0 aromatic heterocycles. The Morgan fingerprint density at radius 2 is 0.610 bits per heavy atom. The largest absolute Gasteiger partial charge is 0.399 e. The Hall–Kier alpha value is -16.6. The molecule has 12 aromatic carbocycles. The zero-order chi connectivity index (χ0) is 104. The average Bonchev–Trinajstić information content (AvgIpc) is 0.798. The van der Waals surface area contributed by atoms with E-state index in [0.717, 1.165) is 161 Å². The third-order valence-electron chi connectivity index (χ3n) is 26.2. The lowest BCUT2D eigenvalue weighted by atomic mass is 9.91. The first-order valence-corrected chi connectivity index (χ1v) is 50.0. The highest BCUT2D eigenvalue weighted by Gasteiger charge is 2.28. The smallest absolute Gasteiger partial charge is 0.184 e. The number of nitrogens with two attached hydrogens (primary N) is 4. The van der Waals surface area contributed by atoms with Gasteiger partial charge in [-0.05, 0) is 347 Å². The summed E-state index contributed by atoms with van der Waals surface area (Å²) < 4.78 is 0. The van der Waals surface area contributed by atoms with Crippen LogP contribution in [0.2, 0.25) is 0 Å². The Bertz CT molecular complexity index is 7030. The summed E-state index contributed by atoms with van der Waals surface area (Å²) in [5, 5.41) is 32.3. The monoisotopic (exact) mass is 1950 g/mol. The molecule has 0 bridgehead atoms. The number of anilines is 12. The zero-order valence-electron chi connectivity index (χ0n) is 86.2. The summed E-state index contributed by atoms with van der Waals surface area (Å²) in [7, 11) is 0. The van der Waals surface area contributed by atoms with E-state index in [0.29, 0.717) is 119 Å². The first kappa shape index (κ1) is 107. The number of hydrogen-bond acceptors (Lipinski definition) is 22. The van der Waals surface area contributed by atoms with Crippen molar-refractivity contribution >= 4 is 137 Å². The van der Waals surface area contributed by atoms with E-state index in [1.807, 2.05) is 265 Å². The van der Waals surface area contributed by atoms with Gasteiger partial charge in [0.25, 0.3) is 0 Å². The summed E-state index contributed by atoms with van der Waals surface area (Å²) in [4.78, 5) is 81.4. The minimum Gasteiger partial charge on any atom is -0.399 e. The van der Waals surface area contributed by atoms with Gasteiger partial charge in [-0.3, -0.25) is 19.2 Å². The first-order valence-electron chi connectivity index (χ1n) is 50.0. The predicted octanol–water partition coefficient (Wildman–Crippen LogP) is 24.3. The molecule has 0 amide bonds. The molecule has 0 fully saturated rings. The summed E-state index contributed by atoms with van der Waals surface area (Å²) in [6, 6.07) is 91.8. The van der Waals surface area contributed by atoms with Crippen LogP contribution in [0.15, 0.2) is 393 Å². The molecular formula is C124H136N16O6. The Labute approximate surface area is 860 Å². The summed E-state index contributed by atoms with van der Waals surface area (Å²) in [6.45, 7) is 34.3. The molecule has 0 saturated heterocycles. The van der Waals surface area contributed by atoms with E-state index in [4.69, 9.17) is 42.9 Å². The maximum absolute atomic E-state index is 13.4. The number of benzene rings is 12. The van der Waals surface area contributed by atoms with Gasteiger partial charge in [-0.2, -0.15) is 0 Å². The van der Waals surface area contributed by atoms with Gasteiger partial charge in [-0.25, -0.2) is 20.0 Å². The molecule has 16 rings (SSSR count). The second-order valence-corrected chi connectivity index (χ2v) is 37.0. The molecule has 0 unspecified atom stereocenters. The SMILES string of the molecule is CCN(CCO)c1ccc(CC2=CC(=Nc3ccc(N(CC)CCO)cc3C)C(Nc3ccccc3)=CC2=O)c(C)c1.CCN(c1ccc(CC2=CC(=Nc3ccc(N(CC)C(C)C)cc3)C(Nc3ccccc3)=CC2=O)cc1)C(C)C.Cc1c(N)ccc(CC2=CC(=Nc3ccc(N)c(C)c3C)C(Nc3ccccc3)=CC2=O)c1C.Nc1ccc(CC2=CC(=Nc3ccc(N)cc3)C(Nc3ccccc3)=CC2=O)cc1. The highest BCUT2D eigenvalue weighted by atomic mass is 16.3. The van der Waals surface area contributed by atoms with Crippen molar-refractivity contribution in [2.45, 2.75) is 135 Å². The number of nitrogens with one attached hydrogen (secondary N) is 4. The molecule has 0 heterocycles. The number of rotatable bonds is 34. The molecule has 4 aliphatic rings. The molecule has 22 heteroatoms. The molecule has 748 valence electrons. The van der Waals surface area contributed by atoms with Gasteiger partial charge in [0.1, 0.15) is 0 Å². The number of allylic oxidation sites excluding steroid dienone is 12. The number of ketones is 4. The number of likely N-dealkylation sites (N-methyl/N-ethyl adjacent to an activating group) is 2. The summed E-state index contributed by atoms with van der Waals surface area (Å²) >= 11 is 0. The topological polar surface area (TPSA) is 323 Å². The number of hydrogen-bond donors (Lipinski definition) is 10. The fraction of sp³-hybridized carbons (Fsp3) is 0.226. The number of para-hydroxylation sites is 4. The van der Waals surface area contributed by atoms with Crippen molar-refractivity contribution in [3.63, 3.8) is 0 Å². The number of aryl methyl sites for hydroxylation is 2. The van der Waals surface area contributed by atoms with Crippen LogP contribution in [0, 0.1) is 41.5 Å². The van der Waals surface area contributed by atoms with E-state index in [-0.39, 0.29) is 36.3 Å². The Kier molecular flexibility index (Phi) is 37.6. The van der Waals surface area contributed by atoms with Gasteiger partial charge in [0, 0.05) is 192 Å². The van der Waals surface area contributed by atoms with Gasteiger partial charge in [-0.1, -0.05) is 109 Å². The van der Waals surface area contributed by atoms with Gasteiger partial charge < -0.3 is 74.0 Å². The van der Waals surface area contributed by atoms with Crippen LogP contribution in [0.3, 0.4) is 0 Å². The van der Waals surface area contributed by atoms with Gasteiger partial charge >= 0.3 is 0 Å². The van der Waals surface area contributed by atoms with Gasteiger partial charge in [0.2, 0.25) is 0 Å². The van der Waals surface area contributed by atoms with Gasteiger partial charge in [0.05, 0.1) is 81.6 Å². The van der Waals surface area contributed by atoms with Crippen molar-refractivity contribution in [1.29, 1.82) is 0 Å². The van der Waals surface area contributed by atoms with Crippen LogP contribution in [0.4, 0.5) is 91.0 Å². The van der Waals surface area contributed by atoms with Crippen molar-refractivity contribution in [3.05, 3.63) is 428 Å². The second kappa shape index (κ2) is 51.4. The van der Waals surface area contributed by atoms with Crippen molar-refractivity contribution in [3.8, 4) is 0 Å². The van der Waals surface area contributed by atoms with Crippen LogP contribution in [-0.4, -0.2) is 121 Å². The van der Waals surface area contributed by atoms with E-state index in [1.54, 1.807) is 36.4 Å². The third-order valence-corrected chi connectivity index (χ3v) is 26.2. The maximum atomic E-state index is 13.4. The van der Waals surface area contributed by atoms with Crippen molar-refractivity contribution in [2.24, 2.45) is 20.0 Å². The highest BCUT2D eigenvalue weighted by Crippen LogP contribution is 2.36. The average molecular weight is 1950 g/mol. The highest BCUT2D eigenvalue weighted by molar-refractivity contribution is 6.27. The van der Waals surface area contributed by atoms with Gasteiger partial charge in [0.15, 0.2) is 23.1 Å². The molecule has 22 nitrogen and oxygen atoms in total. The van der Waals surface area contributed by atoms with Crippen LogP contribution in [0.5, 0.6) is 0 Å². The molecular weight excluding hydrogens is 1810 g/mol. The number of aliphatic hydroxyl groups is 2. The fourth-order valence-electron chi connectivity index (χ4n) is 17.5. The van der Waals surface area contributed by atoms with Crippen molar-refractivity contribution in [2.75, 3.05) is 116 Å². The molecule has 0 aliphatic heterocycles. The minimum absolute atomic E-state index is 0.00434. The number of nitrogens with zero attached hydrogens (tertiary/aromatic N) is 8. The van der Waals surface area contributed by atoms with Crippen LogP contribution >= 0.6 is 0 Å². The molecule has 146 heavy (non-hydrogen) atoms.